The van der Waals surface area contributed by atoms with Crippen molar-refractivity contribution in [1.82, 2.24) is 0 Å². The fraction of sp³-hybridized carbons (Fsp3) is 0.188. The molecule has 19 heavy (non-hydrogen) atoms. The van der Waals surface area contributed by atoms with Gasteiger partial charge in [0.05, 0.1) is 0 Å². The van der Waals surface area contributed by atoms with Crippen LogP contribution in [0.15, 0.2) is 48.5 Å². The zero-order valence-corrected chi connectivity index (χ0v) is 10.8. The van der Waals surface area contributed by atoms with E-state index in [1.807, 2.05) is 37.3 Å². The number of hydrogen-bond acceptors (Lipinski definition) is 3. The van der Waals surface area contributed by atoms with E-state index < -0.39 is 6.61 Å². The summed E-state index contributed by atoms with van der Waals surface area (Å²) in [5, 5.41) is 8.82. The Morgan fingerprint density at radius 2 is 1.89 bits per heavy atom. The van der Waals surface area contributed by atoms with Crippen LogP contribution in [-0.4, -0.2) is 17.5 Å². The van der Waals surface area contributed by atoms with Gasteiger partial charge in [-0.1, -0.05) is 30.3 Å². The third kappa shape index (κ3) is 3.42. The summed E-state index contributed by atoms with van der Waals surface area (Å²) in [4.78, 5) is 11.4. The summed E-state index contributed by atoms with van der Waals surface area (Å²) in [6, 6.07) is 15.1. The van der Waals surface area contributed by atoms with Crippen molar-refractivity contribution in [2.75, 3.05) is 6.61 Å². The van der Waals surface area contributed by atoms with Gasteiger partial charge in [0.15, 0.2) is 5.78 Å². The second-order valence-corrected chi connectivity index (χ2v) is 4.34. The summed E-state index contributed by atoms with van der Waals surface area (Å²) in [6.45, 7) is 1.91. The maximum atomic E-state index is 11.4. The first-order valence-corrected chi connectivity index (χ1v) is 6.12. The van der Waals surface area contributed by atoms with Crippen molar-refractivity contribution in [3.8, 4) is 5.75 Å². The lowest BCUT2D eigenvalue weighted by molar-refractivity contribution is 0.0903. The van der Waals surface area contributed by atoms with Crippen LogP contribution >= 0.6 is 0 Å². The van der Waals surface area contributed by atoms with Crippen LogP contribution < -0.4 is 4.74 Å². The summed E-state index contributed by atoms with van der Waals surface area (Å²) in [6.07, 6.45) is 0. The molecule has 0 radical (unpaired) electrons. The predicted octanol–water partition coefficient (Wildman–Crippen LogP) is 2.75. The minimum atomic E-state index is -0.469. The van der Waals surface area contributed by atoms with Gasteiger partial charge in [0, 0.05) is 5.56 Å². The van der Waals surface area contributed by atoms with Gasteiger partial charge >= 0.3 is 0 Å². The van der Waals surface area contributed by atoms with Crippen LogP contribution in [0.1, 0.15) is 21.5 Å². The van der Waals surface area contributed by atoms with Crippen LogP contribution in [0.3, 0.4) is 0 Å². The Morgan fingerprint density at radius 1 is 1.16 bits per heavy atom. The number of ketones is 1. The number of aryl methyl sites for hydroxylation is 1. The molecular formula is C16H16O3. The molecule has 0 aliphatic rings. The highest BCUT2D eigenvalue weighted by Gasteiger charge is 2.07. The Morgan fingerprint density at radius 3 is 2.53 bits per heavy atom. The average Bonchev–Trinajstić information content (AvgIpc) is 2.46. The molecule has 3 nitrogen and oxygen atoms in total. The number of aliphatic hydroxyl groups is 1. The molecule has 2 rings (SSSR count). The van der Waals surface area contributed by atoms with Crippen LogP contribution in [0.25, 0.3) is 0 Å². The van der Waals surface area contributed by atoms with Gasteiger partial charge in [-0.2, -0.15) is 0 Å². The zero-order chi connectivity index (χ0) is 13.7. The fourth-order valence-electron chi connectivity index (χ4n) is 1.81. The van der Waals surface area contributed by atoms with Crippen LogP contribution in [0.5, 0.6) is 5.75 Å². The molecule has 0 spiro atoms. The lowest BCUT2D eigenvalue weighted by atomic mass is 10.1. The molecule has 0 aliphatic heterocycles. The highest BCUT2D eigenvalue weighted by atomic mass is 16.5. The first kappa shape index (κ1) is 13.3. The van der Waals surface area contributed by atoms with E-state index in [9.17, 15) is 4.79 Å². The van der Waals surface area contributed by atoms with Gasteiger partial charge in [-0.25, -0.2) is 0 Å². The highest BCUT2D eigenvalue weighted by molar-refractivity contribution is 5.97. The minimum absolute atomic E-state index is 0.280. The van der Waals surface area contributed by atoms with Crippen LogP contribution in [0, 0.1) is 6.92 Å². The van der Waals surface area contributed by atoms with E-state index in [1.54, 1.807) is 18.2 Å². The molecule has 2 aromatic rings. The van der Waals surface area contributed by atoms with E-state index in [1.165, 1.54) is 0 Å². The molecule has 2 aromatic carbocycles. The molecule has 0 atom stereocenters. The molecule has 0 saturated heterocycles. The Hall–Kier alpha value is -2.13. The molecule has 0 bridgehead atoms. The Labute approximate surface area is 112 Å². The van der Waals surface area contributed by atoms with Crippen molar-refractivity contribution in [3.63, 3.8) is 0 Å². The first-order chi connectivity index (χ1) is 9.20. The number of benzene rings is 2. The molecule has 0 aromatic heterocycles. The largest absolute Gasteiger partial charge is 0.489 e. The maximum Gasteiger partial charge on any atom is 0.188 e. The fourth-order valence-corrected chi connectivity index (χ4v) is 1.81. The Kier molecular flexibility index (Phi) is 4.31. The number of rotatable bonds is 5. The smallest absolute Gasteiger partial charge is 0.188 e. The quantitative estimate of drug-likeness (QED) is 0.837. The van der Waals surface area contributed by atoms with Crippen molar-refractivity contribution in [1.29, 1.82) is 0 Å². The van der Waals surface area contributed by atoms with E-state index in [-0.39, 0.29) is 5.78 Å². The molecule has 3 heteroatoms. The lowest BCUT2D eigenvalue weighted by Crippen LogP contribution is -2.05. The molecule has 0 saturated carbocycles. The predicted molar refractivity (Wildman–Crippen MR) is 73.4 cm³/mol. The summed E-state index contributed by atoms with van der Waals surface area (Å²) < 4.78 is 5.72. The number of Topliss-reactive ketones (excluding diaryl/α,β-unsaturated/α-hetero) is 1. The molecule has 1 N–H and O–H groups in total. The summed E-state index contributed by atoms with van der Waals surface area (Å²) in [5.41, 5.74) is 2.49. The molecular weight excluding hydrogens is 240 g/mol. The topological polar surface area (TPSA) is 46.5 Å². The van der Waals surface area contributed by atoms with Crippen molar-refractivity contribution in [3.05, 3.63) is 65.2 Å². The van der Waals surface area contributed by atoms with Crippen molar-refractivity contribution in [2.24, 2.45) is 0 Å². The summed E-state index contributed by atoms with van der Waals surface area (Å²) in [7, 11) is 0. The lowest BCUT2D eigenvalue weighted by Gasteiger charge is -2.10. The second-order valence-electron chi connectivity index (χ2n) is 4.34. The van der Waals surface area contributed by atoms with E-state index in [0.29, 0.717) is 12.2 Å². The number of ether oxygens (including phenoxy) is 1. The van der Waals surface area contributed by atoms with Crippen LogP contribution in [0.2, 0.25) is 0 Å². The third-order valence-corrected chi connectivity index (χ3v) is 2.88. The second kappa shape index (κ2) is 6.16. The number of aliphatic hydroxyl groups excluding tert-OH is 1. The number of hydrogen-bond donors (Lipinski definition) is 1. The molecule has 0 aliphatic carbocycles. The standard InChI is InChI=1S/C16H16O3/c1-12-9-14(15(18)10-17)7-8-16(12)19-11-13-5-3-2-4-6-13/h2-9,17H,10-11H2,1H3. The van der Waals surface area contributed by atoms with E-state index in [0.717, 1.165) is 16.9 Å². The summed E-state index contributed by atoms with van der Waals surface area (Å²) in [5.74, 6) is 0.469. The van der Waals surface area contributed by atoms with Crippen LogP contribution in [0.4, 0.5) is 0 Å². The highest BCUT2D eigenvalue weighted by Crippen LogP contribution is 2.20. The van der Waals surface area contributed by atoms with Gasteiger partial charge in [-0.15, -0.1) is 0 Å². The first-order valence-electron chi connectivity index (χ1n) is 6.12. The van der Waals surface area contributed by atoms with Gasteiger partial charge in [0.1, 0.15) is 19.0 Å². The van der Waals surface area contributed by atoms with Crippen molar-refractivity contribution < 1.29 is 14.6 Å². The SMILES string of the molecule is Cc1cc(C(=O)CO)ccc1OCc1ccccc1. The molecule has 0 amide bonds. The summed E-state index contributed by atoms with van der Waals surface area (Å²) >= 11 is 0. The Bertz CT molecular complexity index is 561. The molecule has 0 fully saturated rings. The monoisotopic (exact) mass is 256 g/mol. The third-order valence-electron chi connectivity index (χ3n) is 2.88. The normalized spacial score (nSPS) is 10.2. The van der Waals surface area contributed by atoms with Crippen molar-refractivity contribution >= 4 is 5.78 Å². The van der Waals surface area contributed by atoms with Gasteiger partial charge in [-0.3, -0.25) is 4.79 Å². The molecule has 0 heterocycles. The van der Waals surface area contributed by atoms with Gasteiger partial charge in [-0.05, 0) is 36.2 Å². The van der Waals surface area contributed by atoms with Gasteiger partial charge < -0.3 is 9.84 Å². The Balaban J connectivity index is 2.07. The van der Waals surface area contributed by atoms with E-state index >= 15 is 0 Å². The number of carbonyl (C=O) groups is 1. The minimum Gasteiger partial charge on any atom is -0.489 e. The molecule has 98 valence electrons. The van der Waals surface area contributed by atoms with Crippen LogP contribution in [-0.2, 0) is 6.61 Å². The average molecular weight is 256 g/mol. The van der Waals surface area contributed by atoms with Gasteiger partial charge in [0.2, 0.25) is 0 Å². The van der Waals surface area contributed by atoms with Crippen molar-refractivity contribution in [2.45, 2.75) is 13.5 Å². The van der Waals surface area contributed by atoms with Gasteiger partial charge in [0.25, 0.3) is 0 Å². The number of carbonyl (C=O) groups excluding carboxylic acids is 1. The van der Waals surface area contributed by atoms with E-state index in [4.69, 9.17) is 9.84 Å². The molecule has 0 unspecified atom stereocenters. The van der Waals surface area contributed by atoms with E-state index in [2.05, 4.69) is 0 Å². The maximum absolute atomic E-state index is 11.4. The zero-order valence-electron chi connectivity index (χ0n) is 10.8.